The summed E-state index contributed by atoms with van der Waals surface area (Å²) in [6, 6.07) is 13.3. The number of rotatable bonds is 5. The molecule has 5 nitrogen and oxygen atoms in total. The largest absolute Gasteiger partial charge is 0.495 e. The number of aryl methyl sites for hydroxylation is 1. The molecule has 0 aromatic heterocycles. The van der Waals surface area contributed by atoms with Gasteiger partial charge in [0.2, 0.25) is 0 Å². The van der Waals surface area contributed by atoms with Gasteiger partial charge in [0.05, 0.1) is 18.9 Å². The quantitative estimate of drug-likeness (QED) is 0.879. The number of hydrogen-bond acceptors (Lipinski definition) is 4. The first-order chi connectivity index (χ1) is 12.1. The molecule has 2 aromatic rings. The third kappa shape index (κ3) is 4.18. The van der Waals surface area contributed by atoms with Crippen molar-refractivity contribution in [2.75, 3.05) is 25.5 Å². The fourth-order valence-corrected chi connectivity index (χ4v) is 3.18. The molecule has 0 bridgehead atoms. The number of aliphatic hydroxyl groups excluding tert-OH is 1. The molecule has 1 amide bonds. The van der Waals surface area contributed by atoms with Crippen LogP contribution in [0, 0.1) is 6.92 Å². The van der Waals surface area contributed by atoms with Gasteiger partial charge in [-0.1, -0.05) is 24.3 Å². The molecule has 1 aliphatic heterocycles. The Morgan fingerprint density at radius 3 is 2.84 bits per heavy atom. The molecule has 1 heterocycles. The number of nitrogens with one attached hydrogen (secondary N) is 1. The Morgan fingerprint density at radius 1 is 1.32 bits per heavy atom. The number of amides is 1. The summed E-state index contributed by atoms with van der Waals surface area (Å²) in [5.41, 5.74) is 3.33. The molecule has 3 rings (SSSR count). The van der Waals surface area contributed by atoms with Gasteiger partial charge in [0, 0.05) is 25.2 Å². The van der Waals surface area contributed by atoms with E-state index in [1.807, 2.05) is 49.4 Å². The summed E-state index contributed by atoms with van der Waals surface area (Å²) < 4.78 is 5.34. The van der Waals surface area contributed by atoms with Gasteiger partial charge in [0.15, 0.2) is 0 Å². The molecule has 0 aliphatic carbocycles. The van der Waals surface area contributed by atoms with Crippen LogP contribution in [-0.4, -0.2) is 42.2 Å². The van der Waals surface area contributed by atoms with E-state index >= 15 is 0 Å². The van der Waals surface area contributed by atoms with Crippen molar-refractivity contribution in [2.24, 2.45) is 0 Å². The summed E-state index contributed by atoms with van der Waals surface area (Å²) in [5.74, 6) is 0.492. The van der Waals surface area contributed by atoms with Crippen molar-refractivity contribution >= 4 is 11.6 Å². The van der Waals surface area contributed by atoms with Crippen molar-refractivity contribution in [3.63, 3.8) is 0 Å². The molecule has 0 spiro atoms. The van der Waals surface area contributed by atoms with E-state index in [4.69, 9.17) is 4.74 Å². The van der Waals surface area contributed by atoms with Gasteiger partial charge >= 0.3 is 0 Å². The van der Waals surface area contributed by atoms with Crippen LogP contribution >= 0.6 is 0 Å². The highest BCUT2D eigenvalue weighted by Gasteiger charge is 2.20. The maximum Gasteiger partial charge on any atom is 0.255 e. The zero-order valence-corrected chi connectivity index (χ0v) is 14.7. The zero-order valence-electron chi connectivity index (χ0n) is 14.7. The number of aliphatic hydroxyl groups is 1. The lowest BCUT2D eigenvalue weighted by molar-refractivity contribution is 0.102. The molecule has 0 unspecified atom stereocenters. The van der Waals surface area contributed by atoms with E-state index in [0.29, 0.717) is 23.5 Å². The monoisotopic (exact) mass is 340 g/mol. The third-order valence-corrected chi connectivity index (χ3v) is 4.54. The van der Waals surface area contributed by atoms with E-state index < -0.39 is 0 Å². The first kappa shape index (κ1) is 17.5. The van der Waals surface area contributed by atoms with Crippen LogP contribution in [0.2, 0.25) is 0 Å². The number of β-amino-alcohol motifs (C(OH)–C–C–N with tert-alkyl or cyclic N) is 1. The average molecular weight is 340 g/mol. The summed E-state index contributed by atoms with van der Waals surface area (Å²) >= 11 is 0. The highest BCUT2D eigenvalue weighted by atomic mass is 16.5. The second-order valence-corrected chi connectivity index (χ2v) is 6.48. The number of hydrogen-bond donors (Lipinski definition) is 2. The molecular weight excluding hydrogens is 316 g/mol. The van der Waals surface area contributed by atoms with Gasteiger partial charge in [-0.2, -0.15) is 0 Å². The number of carbonyl (C=O) groups is 1. The Bertz CT molecular complexity index is 760. The predicted octanol–water partition coefficient (Wildman–Crippen LogP) is 2.82. The Labute approximate surface area is 148 Å². The lowest BCUT2D eigenvalue weighted by Gasteiger charge is -2.16. The van der Waals surface area contributed by atoms with Crippen molar-refractivity contribution in [1.29, 1.82) is 0 Å². The highest BCUT2D eigenvalue weighted by molar-refractivity contribution is 6.05. The van der Waals surface area contributed by atoms with E-state index in [0.717, 1.165) is 30.6 Å². The second-order valence-electron chi connectivity index (χ2n) is 6.48. The first-order valence-electron chi connectivity index (χ1n) is 8.51. The summed E-state index contributed by atoms with van der Waals surface area (Å²) in [4.78, 5) is 14.9. The second kappa shape index (κ2) is 7.68. The van der Waals surface area contributed by atoms with Crippen molar-refractivity contribution in [2.45, 2.75) is 26.0 Å². The number of carbonyl (C=O) groups excluding carboxylic acids is 1. The van der Waals surface area contributed by atoms with Gasteiger partial charge in [-0.25, -0.2) is 0 Å². The van der Waals surface area contributed by atoms with Crippen LogP contribution in [-0.2, 0) is 6.54 Å². The molecule has 1 aliphatic rings. The zero-order chi connectivity index (χ0) is 17.8. The highest BCUT2D eigenvalue weighted by Crippen LogP contribution is 2.28. The molecule has 1 fully saturated rings. The maximum absolute atomic E-state index is 12.7. The van der Waals surface area contributed by atoms with Gasteiger partial charge in [-0.15, -0.1) is 0 Å². The maximum atomic E-state index is 12.7. The average Bonchev–Trinajstić information content (AvgIpc) is 3.01. The van der Waals surface area contributed by atoms with Gasteiger partial charge in [0.1, 0.15) is 5.75 Å². The van der Waals surface area contributed by atoms with Gasteiger partial charge in [-0.05, 0) is 42.7 Å². The van der Waals surface area contributed by atoms with Crippen molar-refractivity contribution in [1.82, 2.24) is 4.90 Å². The number of ether oxygens (including phenoxy) is 1. The van der Waals surface area contributed by atoms with Crippen LogP contribution in [0.3, 0.4) is 0 Å². The number of likely N-dealkylation sites (tertiary alicyclic amines) is 1. The molecule has 1 atom stereocenters. The first-order valence-corrected chi connectivity index (χ1v) is 8.51. The van der Waals surface area contributed by atoms with E-state index in [9.17, 15) is 9.90 Å². The molecule has 5 heteroatoms. The Balaban J connectivity index is 1.74. The summed E-state index contributed by atoms with van der Waals surface area (Å²) in [6.07, 6.45) is 0.577. The predicted molar refractivity (Wildman–Crippen MR) is 98.0 cm³/mol. The molecule has 0 saturated carbocycles. The van der Waals surface area contributed by atoms with E-state index in [1.54, 1.807) is 7.11 Å². The third-order valence-electron chi connectivity index (χ3n) is 4.54. The van der Waals surface area contributed by atoms with Crippen molar-refractivity contribution < 1.29 is 14.6 Å². The minimum absolute atomic E-state index is 0.157. The summed E-state index contributed by atoms with van der Waals surface area (Å²) in [6.45, 7) is 4.26. The molecule has 1 saturated heterocycles. The van der Waals surface area contributed by atoms with Gasteiger partial charge in [0.25, 0.3) is 5.91 Å². The Morgan fingerprint density at radius 2 is 2.12 bits per heavy atom. The summed E-state index contributed by atoms with van der Waals surface area (Å²) in [5, 5.41) is 12.6. The lowest BCUT2D eigenvalue weighted by Crippen LogP contribution is -2.21. The molecule has 2 N–H and O–H groups in total. The Kier molecular flexibility index (Phi) is 5.36. The van der Waals surface area contributed by atoms with Gasteiger partial charge in [-0.3, -0.25) is 9.69 Å². The van der Waals surface area contributed by atoms with Crippen molar-refractivity contribution in [3.05, 3.63) is 59.2 Å². The molecule has 2 aromatic carbocycles. The summed E-state index contributed by atoms with van der Waals surface area (Å²) in [7, 11) is 1.59. The number of para-hydroxylation sites is 1. The van der Waals surface area contributed by atoms with Crippen LogP contribution < -0.4 is 10.1 Å². The van der Waals surface area contributed by atoms with Crippen LogP contribution in [0.25, 0.3) is 0 Å². The number of anilines is 1. The topological polar surface area (TPSA) is 61.8 Å². The standard InChI is InChI=1S/C20H24N2O3/c1-14-5-3-8-18(25-2)19(14)21-20(24)16-7-4-6-15(11-16)12-22-10-9-17(23)13-22/h3-8,11,17,23H,9-10,12-13H2,1-2H3,(H,21,24)/t17-/m0/s1. The van der Waals surface area contributed by atoms with Crippen LogP contribution in [0.1, 0.15) is 27.9 Å². The van der Waals surface area contributed by atoms with E-state index in [-0.39, 0.29) is 12.0 Å². The molecule has 132 valence electrons. The van der Waals surface area contributed by atoms with Crippen LogP contribution in [0.15, 0.2) is 42.5 Å². The minimum Gasteiger partial charge on any atom is -0.495 e. The van der Waals surface area contributed by atoms with Gasteiger partial charge < -0.3 is 15.2 Å². The normalized spacial score (nSPS) is 17.5. The number of nitrogens with zero attached hydrogens (tertiary/aromatic N) is 1. The van der Waals surface area contributed by atoms with E-state index in [1.165, 1.54) is 0 Å². The van der Waals surface area contributed by atoms with E-state index in [2.05, 4.69) is 10.2 Å². The number of methoxy groups -OCH3 is 1. The fraction of sp³-hybridized carbons (Fsp3) is 0.350. The lowest BCUT2D eigenvalue weighted by atomic mass is 10.1. The molecule has 0 radical (unpaired) electrons. The van der Waals surface area contributed by atoms with Crippen LogP contribution in [0.4, 0.5) is 5.69 Å². The smallest absolute Gasteiger partial charge is 0.255 e. The minimum atomic E-state index is -0.236. The Hall–Kier alpha value is -2.37. The SMILES string of the molecule is COc1cccc(C)c1NC(=O)c1cccc(CN2CC[C@H](O)C2)c1. The number of benzene rings is 2. The fourth-order valence-electron chi connectivity index (χ4n) is 3.18. The van der Waals surface area contributed by atoms with Crippen molar-refractivity contribution in [3.8, 4) is 5.75 Å². The van der Waals surface area contributed by atoms with Crippen LogP contribution in [0.5, 0.6) is 5.75 Å². The molecular formula is C20H24N2O3. The molecule has 25 heavy (non-hydrogen) atoms.